The van der Waals surface area contributed by atoms with Crippen LogP contribution in [0, 0.1) is 5.92 Å². The van der Waals surface area contributed by atoms with E-state index in [2.05, 4.69) is 30.8 Å². The molecule has 1 amide bonds. The van der Waals surface area contributed by atoms with Crippen LogP contribution in [0.25, 0.3) is 0 Å². The summed E-state index contributed by atoms with van der Waals surface area (Å²) in [4.78, 5) is 14.4. The highest BCUT2D eigenvalue weighted by Gasteiger charge is 2.41. The lowest BCUT2D eigenvalue weighted by Crippen LogP contribution is -2.36. The van der Waals surface area contributed by atoms with Gasteiger partial charge in [0.25, 0.3) is 0 Å². The first-order valence-electron chi connectivity index (χ1n) is 8.61. The lowest BCUT2D eigenvalue weighted by molar-refractivity contribution is 0.161. The fourth-order valence-electron chi connectivity index (χ4n) is 3.93. The molecule has 3 nitrogen and oxygen atoms in total. The van der Waals surface area contributed by atoms with E-state index in [9.17, 15) is 4.79 Å². The molecule has 1 aromatic carbocycles. The minimum absolute atomic E-state index is 0.127. The highest BCUT2D eigenvalue weighted by molar-refractivity contribution is 5.73. The number of nitrogens with zero attached hydrogens (tertiary/aromatic N) is 1. The van der Waals surface area contributed by atoms with E-state index in [1.165, 1.54) is 22.4 Å². The third-order valence-corrected chi connectivity index (χ3v) is 5.17. The van der Waals surface area contributed by atoms with Crippen LogP contribution in [0.15, 0.2) is 53.8 Å². The van der Waals surface area contributed by atoms with Crippen molar-refractivity contribution in [2.75, 3.05) is 6.61 Å². The first-order chi connectivity index (χ1) is 11.2. The smallest absolute Gasteiger partial charge is 0.414 e. The number of cyclic esters (lactones) is 1. The summed E-state index contributed by atoms with van der Waals surface area (Å²) in [5, 5.41) is 0. The maximum atomic E-state index is 12.4. The summed E-state index contributed by atoms with van der Waals surface area (Å²) >= 11 is 0. The Kier molecular flexibility index (Phi) is 3.72. The molecule has 1 aliphatic heterocycles. The van der Waals surface area contributed by atoms with Crippen LogP contribution < -0.4 is 0 Å². The van der Waals surface area contributed by atoms with Gasteiger partial charge in [-0.2, -0.15) is 0 Å². The molecule has 2 saturated carbocycles. The summed E-state index contributed by atoms with van der Waals surface area (Å²) in [6.45, 7) is 4.64. The van der Waals surface area contributed by atoms with Gasteiger partial charge in [0.15, 0.2) is 0 Å². The summed E-state index contributed by atoms with van der Waals surface area (Å²) in [6, 6.07) is 10.5. The average molecular weight is 309 g/mol. The van der Waals surface area contributed by atoms with E-state index >= 15 is 0 Å². The highest BCUT2D eigenvalue weighted by atomic mass is 16.6. The van der Waals surface area contributed by atoms with E-state index in [1.54, 1.807) is 0 Å². The molecule has 23 heavy (non-hydrogen) atoms. The predicted octanol–water partition coefficient (Wildman–Crippen LogP) is 4.45. The summed E-state index contributed by atoms with van der Waals surface area (Å²) in [5.41, 5.74) is 5.31. The lowest BCUT2D eigenvalue weighted by Gasteiger charge is -2.28. The molecule has 0 bridgehead atoms. The van der Waals surface area contributed by atoms with Crippen LogP contribution in [0.4, 0.5) is 4.79 Å². The molecule has 1 aromatic rings. The van der Waals surface area contributed by atoms with Crippen molar-refractivity contribution >= 4 is 6.09 Å². The maximum Gasteiger partial charge on any atom is 0.414 e. The Morgan fingerprint density at radius 1 is 1.22 bits per heavy atom. The monoisotopic (exact) mass is 309 g/mol. The SMILES string of the molecule is C=C1CCC(C(=C2CC2)N2C(=O)OCC2Cc2ccccc2)C1. The Bertz CT molecular complexity index is 655. The minimum Gasteiger partial charge on any atom is -0.447 e. The van der Waals surface area contributed by atoms with Crippen LogP contribution in [0.3, 0.4) is 0 Å². The molecule has 2 aliphatic carbocycles. The van der Waals surface area contributed by atoms with Gasteiger partial charge in [0.2, 0.25) is 0 Å². The van der Waals surface area contributed by atoms with E-state index in [0.717, 1.165) is 38.5 Å². The zero-order chi connectivity index (χ0) is 15.8. The number of hydrogen-bond acceptors (Lipinski definition) is 2. The number of ether oxygens (including phenoxy) is 1. The quantitative estimate of drug-likeness (QED) is 0.769. The van der Waals surface area contributed by atoms with Gasteiger partial charge in [0, 0.05) is 11.6 Å². The van der Waals surface area contributed by atoms with E-state index in [-0.39, 0.29) is 12.1 Å². The van der Waals surface area contributed by atoms with E-state index in [1.807, 2.05) is 11.0 Å². The number of carbonyl (C=O) groups is 1. The molecule has 1 heterocycles. The molecule has 0 aromatic heterocycles. The Hall–Kier alpha value is -2.03. The van der Waals surface area contributed by atoms with Crippen molar-refractivity contribution in [3.8, 4) is 0 Å². The molecule has 4 rings (SSSR count). The molecular formula is C20H23NO2. The first-order valence-corrected chi connectivity index (χ1v) is 8.61. The van der Waals surface area contributed by atoms with Crippen molar-refractivity contribution in [1.29, 1.82) is 0 Å². The fourth-order valence-corrected chi connectivity index (χ4v) is 3.93. The van der Waals surface area contributed by atoms with Gasteiger partial charge < -0.3 is 4.74 Å². The lowest BCUT2D eigenvalue weighted by atomic mass is 9.98. The van der Waals surface area contributed by atoms with Gasteiger partial charge in [-0.25, -0.2) is 4.79 Å². The Morgan fingerprint density at radius 2 is 2.00 bits per heavy atom. The van der Waals surface area contributed by atoms with Crippen molar-refractivity contribution in [2.45, 2.75) is 44.6 Å². The number of amides is 1. The topological polar surface area (TPSA) is 29.5 Å². The van der Waals surface area contributed by atoms with E-state index in [4.69, 9.17) is 4.74 Å². The number of hydrogen-bond donors (Lipinski definition) is 0. The molecule has 2 atom stereocenters. The second-order valence-electron chi connectivity index (χ2n) is 6.97. The number of benzene rings is 1. The molecule has 120 valence electrons. The number of allylic oxidation sites excluding steroid dienone is 3. The third-order valence-electron chi connectivity index (χ3n) is 5.17. The zero-order valence-electron chi connectivity index (χ0n) is 13.5. The fraction of sp³-hybridized carbons (Fsp3) is 0.450. The largest absolute Gasteiger partial charge is 0.447 e. The van der Waals surface area contributed by atoms with Crippen LogP contribution in [-0.2, 0) is 11.2 Å². The first kappa shape index (κ1) is 14.6. The molecular weight excluding hydrogens is 286 g/mol. The van der Waals surface area contributed by atoms with E-state index < -0.39 is 0 Å². The highest BCUT2D eigenvalue weighted by Crippen LogP contribution is 2.45. The molecule has 0 spiro atoms. The summed E-state index contributed by atoms with van der Waals surface area (Å²) in [5.74, 6) is 0.462. The molecule has 0 radical (unpaired) electrons. The number of rotatable bonds is 4. The second kappa shape index (κ2) is 5.88. The second-order valence-corrected chi connectivity index (χ2v) is 6.97. The Morgan fingerprint density at radius 3 is 2.65 bits per heavy atom. The van der Waals surface area contributed by atoms with Gasteiger partial charge in [0.05, 0.1) is 6.04 Å². The number of carbonyl (C=O) groups excluding carboxylic acids is 1. The van der Waals surface area contributed by atoms with Crippen molar-refractivity contribution in [1.82, 2.24) is 4.90 Å². The minimum atomic E-state index is -0.155. The van der Waals surface area contributed by atoms with Crippen LogP contribution in [-0.4, -0.2) is 23.6 Å². The standard InChI is InChI=1S/C20H23NO2/c1-14-7-8-17(11-14)19(16-9-10-16)21-18(13-23-20(21)22)12-15-5-3-2-4-6-15/h2-6,17-18H,1,7-13H2. The maximum absolute atomic E-state index is 12.4. The van der Waals surface area contributed by atoms with Crippen LogP contribution in [0.5, 0.6) is 0 Å². The molecule has 3 heteroatoms. The molecule has 2 unspecified atom stereocenters. The van der Waals surface area contributed by atoms with Gasteiger partial charge >= 0.3 is 6.09 Å². The van der Waals surface area contributed by atoms with Crippen molar-refractivity contribution < 1.29 is 9.53 Å². The molecule has 0 N–H and O–H groups in total. The van der Waals surface area contributed by atoms with Crippen LogP contribution >= 0.6 is 0 Å². The Balaban J connectivity index is 1.60. The van der Waals surface area contributed by atoms with Crippen LogP contribution in [0.2, 0.25) is 0 Å². The molecule has 3 aliphatic rings. The zero-order valence-corrected chi connectivity index (χ0v) is 13.5. The molecule has 3 fully saturated rings. The molecule has 1 saturated heterocycles. The summed E-state index contributed by atoms with van der Waals surface area (Å²) in [7, 11) is 0. The van der Waals surface area contributed by atoms with Crippen molar-refractivity contribution in [3.05, 3.63) is 59.3 Å². The van der Waals surface area contributed by atoms with E-state index in [0.29, 0.717) is 12.5 Å². The predicted molar refractivity (Wildman–Crippen MR) is 89.9 cm³/mol. The van der Waals surface area contributed by atoms with Crippen molar-refractivity contribution in [3.63, 3.8) is 0 Å². The summed E-state index contributed by atoms with van der Waals surface area (Å²) < 4.78 is 5.43. The van der Waals surface area contributed by atoms with Gasteiger partial charge in [-0.05, 0) is 49.7 Å². The normalized spacial score (nSPS) is 26.6. The third kappa shape index (κ3) is 2.92. The van der Waals surface area contributed by atoms with Crippen LogP contribution in [0.1, 0.15) is 37.7 Å². The average Bonchev–Trinajstić information content (AvgIpc) is 3.21. The Labute approximate surface area is 137 Å². The summed E-state index contributed by atoms with van der Waals surface area (Å²) in [6.07, 6.45) is 6.23. The van der Waals surface area contributed by atoms with Gasteiger partial charge in [0.1, 0.15) is 6.61 Å². The van der Waals surface area contributed by atoms with Gasteiger partial charge in [-0.15, -0.1) is 0 Å². The van der Waals surface area contributed by atoms with Gasteiger partial charge in [-0.3, -0.25) is 4.90 Å². The van der Waals surface area contributed by atoms with Gasteiger partial charge in [-0.1, -0.05) is 42.5 Å². The van der Waals surface area contributed by atoms with Crippen molar-refractivity contribution in [2.24, 2.45) is 5.92 Å².